The second-order valence-corrected chi connectivity index (χ2v) is 6.05. The van der Waals surface area contributed by atoms with Crippen LogP contribution in [0.1, 0.15) is 42.5 Å². The number of nitro benzene ring substituents is 1. The average Bonchev–Trinajstić information content (AvgIpc) is 2.52. The van der Waals surface area contributed by atoms with Crippen LogP contribution in [0.15, 0.2) is 24.3 Å². The largest absolute Gasteiger partial charge is 0.335 e. The van der Waals surface area contributed by atoms with E-state index < -0.39 is 4.92 Å². The maximum absolute atomic E-state index is 12.8. The lowest BCUT2D eigenvalue weighted by atomic mass is 9.93. The summed E-state index contributed by atoms with van der Waals surface area (Å²) in [6.07, 6.45) is 5.41. The molecular formula is C15H19BrN2O3. The van der Waals surface area contributed by atoms with E-state index in [9.17, 15) is 14.9 Å². The molecule has 1 aromatic carbocycles. The quantitative estimate of drug-likeness (QED) is 0.459. The third-order valence-electron chi connectivity index (χ3n) is 3.93. The number of nitrogens with zero attached hydrogens (tertiary/aromatic N) is 2. The van der Waals surface area contributed by atoms with E-state index in [0.29, 0.717) is 11.9 Å². The van der Waals surface area contributed by atoms with Crippen LogP contribution in [0, 0.1) is 10.1 Å². The van der Waals surface area contributed by atoms with Crippen molar-refractivity contribution < 1.29 is 9.72 Å². The van der Waals surface area contributed by atoms with Gasteiger partial charge in [-0.15, -0.1) is 0 Å². The van der Waals surface area contributed by atoms with E-state index in [2.05, 4.69) is 15.9 Å². The van der Waals surface area contributed by atoms with E-state index >= 15 is 0 Å². The van der Waals surface area contributed by atoms with Crippen molar-refractivity contribution in [3.8, 4) is 0 Å². The van der Waals surface area contributed by atoms with Crippen LogP contribution in [0.2, 0.25) is 0 Å². The Balaban J connectivity index is 2.27. The Bertz CT molecular complexity index is 515. The summed E-state index contributed by atoms with van der Waals surface area (Å²) in [6.45, 7) is 0.579. The van der Waals surface area contributed by atoms with Gasteiger partial charge in [0.05, 0.1) is 4.92 Å². The molecule has 1 aromatic rings. The molecule has 5 nitrogen and oxygen atoms in total. The van der Waals surface area contributed by atoms with Crippen LogP contribution in [0.25, 0.3) is 0 Å². The van der Waals surface area contributed by atoms with Crippen LogP contribution in [-0.2, 0) is 0 Å². The number of para-hydroxylation sites is 1. The molecular weight excluding hydrogens is 336 g/mol. The summed E-state index contributed by atoms with van der Waals surface area (Å²) in [5.41, 5.74) is 0.0758. The summed E-state index contributed by atoms with van der Waals surface area (Å²) in [4.78, 5) is 25.2. The minimum absolute atomic E-state index is 0.113. The minimum atomic E-state index is -0.486. The number of amides is 1. The molecule has 0 aromatic heterocycles. The van der Waals surface area contributed by atoms with Crippen molar-refractivity contribution in [1.29, 1.82) is 0 Å². The van der Waals surface area contributed by atoms with Crippen LogP contribution < -0.4 is 0 Å². The number of hydrogen-bond donors (Lipinski definition) is 0. The fourth-order valence-corrected chi connectivity index (χ4v) is 3.28. The van der Waals surface area contributed by atoms with Crippen molar-refractivity contribution in [3.63, 3.8) is 0 Å². The van der Waals surface area contributed by atoms with Gasteiger partial charge < -0.3 is 4.90 Å². The van der Waals surface area contributed by atoms with Gasteiger partial charge in [0.25, 0.3) is 11.6 Å². The summed E-state index contributed by atoms with van der Waals surface area (Å²) in [7, 11) is 0. The molecule has 1 aliphatic rings. The zero-order valence-corrected chi connectivity index (χ0v) is 13.4. The number of rotatable bonds is 5. The molecule has 0 unspecified atom stereocenters. The van der Waals surface area contributed by atoms with Gasteiger partial charge in [0.2, 0.25) is 0 Å². The zero-order valence-electron chi connectivity index (χ0n) is 11.8. The van der Waals surface area contributed by atoms with Crippen molar-refractivity contribution in [2.45, 2.75) is 38.1 Å². The molecule has 0 atom stereocenters. The minimum Gasteiger partial charge on any atom is -0.335 e. The van der Waals surface area contributed by atoms with Crippen molar-refractivity contribution in [2.24, 2.45) is 0 Å². The Morgan fingerprint density at radius 1 is 1.29 bits per heavy atom. The highest BCUT2D eigenvalue weighted by Gasteiger charge is 2.29. The molecule has 0 saturated heterocycles. The lowest BCUT2D eigenvalue weighted by molar-refractivity contribution is -0.385. The molecule has 1 saturated carbocycles. The van der Waals surface area contributed by atoms with E-state index in [1.54, 1.807) is 23.1 Å². The van der Waals surface area contributed by atoms with Gasteiger partial charge in [-0.3, -0.25) is 14.9 Å². The summed E-state index contributed by atoms with van der Waals surface area (Å²) < 4.78 is 0. The lowest BCUT2D eigenvalue weighted by Gasteiger charge is -2.34. The van der Waals surface area contributed by atoms with Gasteiger partial charge in [-0.05, 0) is 18.9 Å². The maximum Gasteiger partial charge on any atom is 0.282 e. The van der Waals surface area contributed by atoms with Gasteiger partial charge in [-0.1, -0.05) is 47.3 Å². The molecule has 1 fully saturated rings. The Morgan fingerprint density at radius 3 is 2.57 bits per heavy atom. The first-order valence-corrected chi connectivity index (χ1v) is 8.37. The third-order valence-corrected chi connectivity index (χ3v) is 4.29. The number of carbonyl (C=O) groups excluding carboxylic acids is 1. The number of alkyl halides is 1. The third kappa shape index (κ3) is 3.81. The van der Waals surface area contributed by atoms with Crippen molar-refractivity contribution in [1.82, 2.24) is 4.90 Å². The molecule has 0 spiro atoms. The average molecular weight is 355 g/mol. The predicted molar refractivity (Wildman–Crippen MR) is 84.8 cm³/mol. The second kappa shape index (κ2) is 7.54. The number of benzene rings is 1. The molecule has 1 aliphatic carbocycles. The van der Waals surface area contributed by atoms with Gasteiger partial charge in [-0.25, -0.2) is 0 Å². The summed E-state index contributed by atoms with van der Waals surface area (Å²) >= 11 is 3.38. The molecule has 0 heterocycles. The van der Waals surface area contributed by atoms with E-state index in [1.807, 2.05) is 0 Å². The smallest absolute Gasteiger partial charge is 0.282 e. The number of carbonyl (C=O) groups is 1. The molecule has 0 bridgehead atoms. The Hall–Kier alpha value is -1.43. The van der Waals surface area contributed by atoms with Crippen LogP contribution >= 0.6 is 15.9 Å². The van der Waals surface area contributed by atoms with Crippen molar-refractivity contribution in [3.05, 3.63) is 39.9 Å². The Kier molecular flexibility index (Phi) is 5.73. The fourth-order valence-electron chi connectivity index (χ4n) is 2.90. The molecule has 114 valence electrons. The van der Waals surface area contributed by atoms with Gasteiger partial charge in [0.15, 0.2) is 0 Å². The number of hydrogen-bond acceptors (Lipinski definition) is 3. The van der Waals surface area contributed by atoms with Crippen LogP contribution in [-0.4, -0.2) is 33.6 Å². The monoisotopic (exact) mass is 354 g/mol. The van der Waals surface area contributed by atoms with Crippen molar-refractivity contribution in [2.75, 3.05) is 11.9 Å². The molecule has 6 heteroatoms. The van der Waals surface area contributed by atoms with Crippen LogP contribution in [0.5, 0.6) is 0 Å². The zero-order chi connectivity index (χ0) is 15.2. The van der Waals surface area contributed by atoms with E-state index in [-0.39, 0.29) is 23.2 Å². The highest BCUT2D eigenvalue weighted by Crippen LogP contribution is 2.26. The Labute approximate surface area is 132 Å². The first kappa shape index (κ1) is 15.9. The fraction of sp³-hybridized carbons (Fsp3) is 0.533. The number of nitro groups is 1. The maximum atomic E-state index is 12.8. The first-order chi connectivity index (χ1) is 10.1. The molecule has 0 radical (unpaired) electrons. The second-order valence-electron chi connectivity index (χ2n) is 5.25. The topological polar surface area (TPSA) is 63.4 Å². The van der Waals surface area contributed by atoms with E-state index in [4.69, 9.17) is 0 Å². The lowest BCUT2D eigenvalue weighted by Crippen LogP contribution is -2.42. The standard InChI is InChI=1S/C15H19BrN2O3/c16-10-11-17(12-6-2-1-3-7-12)15(19)13-8-4-5-9-14(13)18(20)21/h4-5,8-9,12H,1-3,6-7,10-11H2. The highest BCUT2D eigenvalue weighted by molar-refractivity contribution is 9.09. The van der Waals surface area contributed by atoms with E-state index in [1.165, 1.54) is 12.5 Å². The first-order valence-electron chi connectivity index (χ1n) is 7.25. The highest BCUT2D eigenvalue weighted by atomic mass is 79.9. The molecule has 21 heavy (non-hydrogen) atoms. The molecule has 1 amide bonds. The summed E-state index contributed by atoms with van der Waals surface area (Å²) in [5, 5.41) is 11.8. The van der Waals surface area contributed by atoms with E-state index in [0.717, 1.165) is 25.7 Å². The SMILES string of the molecule is O=C(c1ccccc1[N+](=O)[O-])N(CCBr)C1CCCCC1. The predicted octanol–water partition coefficient (Wildman–Crippen LogP) is 3.76. The van der Waals surface area contributed by atoms with Crippen LogP contribution in [0.4, 0.5) is 5.69 Å². The van der Waals surface area contributed by atoms with Crippen LogP contribution in [0.3, 0.4) is 0 Å². The normalized spacial score (nSPS) is 15.7. The summed E-state index contributed by atoms with van der Waals surface area (Å²) in [5.74, 6) is -0.228. The Morgan fingerprint density at radius 2 is 1.95 bits per heavy atom. The van der Waals surface area contributed by atoms with Gasteiger partial charge in [-0.2, -0.15) is 0 Å². The number of halogens is 1. The molecule has 0 aliphatic heterocycles. The molecule has 2 rings (SSSR count). The van der Waals surface area contributed by atoms with Gasteiger partial charge >= 0.3 is 0 Å². The van der Waals surface area contributed by atoms with Gasteiger partial charge in [0, 0.05) is 24.0 Å². The van der Waals surface area contributed by atoms with Crippen molar-refractivity contribution >= 4 is 27.5 Å². The molecule has 0 N–H and O–H groups in total. The summed E-state index contributed by atoms with van der Waals surface area (Å²) in [6, 6.07) is 6.39. The van der Waals surface area contributed by atoms with Gasteiger partial charge in [0.1, 0.15) is 5.56 Å².